The maximum atomic E-state index is 13.3. The van der Waals surface area contributed by atoms with E-state index in [9.17, 15) is 18.0 Å². The minimum absolute atomic E-state index is 0.00372. The molecule has 0 saturated heterocycles. The molecular formula is C21H27N3O5S. The molecule has 0 radical (unpaired) electrons. The minimum atomic E-state index is -4.05. The molecule has 0 aromatic heterocycles. The summed E-state index contributed by atoms with van der Waals surface area (Å²) in [6.45, 7) is 6.43. The SMILES string of the molecule is COc1ccc(N(CC(=O)NC(C)(C)C)S(=O)(=O)c2ccc(NC(C)=O)cc2)cc1. The van der Waals surface area contributed by atoms with E-state index in [0.717, 1.165) is 4.31 Å². The van der Waals surface area contributed by atoms with Crippen LogP contribution in [0.15, 0.2) is 53.4 Å². The third-order valence-electron chi connectivity index (χ3n) is 3.92. The van der Waals surface area contributed by atoms with Crippen LogP contribution in [0.25, 0.3) is 0 Å². The molecule has 2 rings (SSSR count). The summed E-state index contributed by atoms with van der Waals surface area (Å²) < 4.78 is 32.9. The molecule has 0 aliphatic heterocycles. The van der Waals surface area contributed by atoms with Gasteiger partial charge >= 0.3 is 0 Å². The molecule has 0 aliphatic carbocycles. The number of amides is 2. The van der Waals surface area contributed by atoms with Crippen LogP contribution in [0.1, 0.15) is 27.7 Å². The second-order valence-electron chi connectivity index (χ2n) is 7.71. The van der Waals surface area contributed by atoms with Crippen LogP contribution in [0.5, 0.6) is 5.75 Å². The van der Waals surface area contributed by atoms with Gasteiger partial charge < -0.3 is 15.4 Å². The first-order chi connectivity index (χ1) is 13.9. The van der Waals surface area contributed by atoms with Gasteiger partial charge in [0.1, 0.15) is 12.3 Å². The molecule has 0 bridgehead atoms. The van der Waals surface area contributed by atoms with Crippen molar-refractivity contribution < 1.29 is 22.7 Å². The first-order valence-electron chi connectivity index (χ1n) is 9.28. The van der Waals surface area contributed by atoms with E-state index in [2.05, 4.69) is 10.6 Å². The van der Waals surface area contributed by atoms with E-state index >= 15 is 0 Å². The topological polar surface area (TPSA) is 105 Å². The van der Waals surface area contributed by atoms with Crippen molar-refractivity contribution >= 4 is 33.2 Å². The lowest BCUT2D eigenvalue weighted by atomic mass is 10.1. The summed E-state index contributed by atoms with van der Waals surface area (Å²) in [5, 5.41) is 5.37. The van der Waals surface area contributed by atoms with E-state index in [1.807, 2.05) is 20.8 Å². The Balaban J connectivity index is 2.42. The van der Waals surface area contributed by atoms with Crippen molar-refractivity contribution in [3.63, 3.8) is 0 Å². The highest BCUT2D eigenvalue weighted by Crippen LogP contribution is 2.26. The number of carbonyl (C=O) groups is 2. The normalized spacial score (nSPS) is 11.5. The first-order valence-corrected chi connectivity index (χ1v) is 10.7. The third-order valence-corrected chi connectivity index (χ3v) is 5.71. The van der Waals surface area contributed by atoms with Crippen molar-refractivity contribution in [2.24, 2.45) is 0 Å². The standard InChI is InChI=1S/C21H27N3O5S/c1-15(25)22-16-6-12-19(13-7-16)30(27,28)24(14-20(26)23-21(2,3)4)17-8-10-18(29-5)11-9-17/h6-13H,14H2,1-5H3,(H,22,25)(H,23,26). The number of rotatable bonds is 7. The van der Waals surface area contributed by atoms with Gasteiger partial charge in [-0.1, -0.05) is 0 Å². The summed E-state index contributed by atoms with van der Waals surface area (Å²) >= 11 is 0. The van der Waals surface area contributed by atoms with Gasteiger partial charge in [-0.25, -0.2) is 8.42 Å². The number of hydrogen-bond acceptors (Lipinski definition) is 5. The van der Waals surface area contributed by atoms with Crippen molar-refractivity contribution in [2.45, 2.75) is 38.1 Å². The number of methoxy groups -OCH3 is 1. The lowest BCUT2D eigenvalue weighted by Crippen LogP contribution is -2.47. The van der Waals surface area contributed by atoms with Gasteiger partial charge in [-0.15, -0.1) is 0 Å². The lowest BCUT2D eigenvalue weighted by Gasteiger charge is -2.27. The van der Waals surface area contributed by atoms with Crippen molar-refractivity contribution in [1.29, 1.82) is 0 Å². The molecule has 0 fully saturated rings. The highest BCUT2D eigenvalue weighted by atomic mass is 32.2. The lowest BCUT2D eigenvalue weighted by molar-refractivity contribution is -0.121. The predicted octanol–water partition coefficient (Wildman–Crippen LogP) is 2.76. The molecule has 0 saturated carbocycles. The van der Waals surface area contributed by atoms with Crippen LogP contribution in [0.3, 0.4) is 0 Å². The van der Waals surface area contributed by atoms with Gasteiger partial charge in [-0.05, 0) is 69.3 Å². The fraction of sp³-hybridized carbons (Fsp3) is 0.333. The molecular weight excluding hydrogens is 406 g/mol. The number of nitrogens with zero attached hydrogens (tertiary/aromatic N) is 1. The van der Waals surface area contributed by atoms with Crippen LogP contribution in [-0.2, 0) is 19.6 Å². The molecule has 162 valence electrons. The molecule has 9 heteroatoms. The Hall–Kier alpha value is -3.07. The van der Waals surface area contributed by atoms with Crippen LogP contribution >= 0.6 is 0 Å². The molecule has 0 atom stereocenters. The Morgan fingerprint density at radius 2 is 1.57 bits per heavy atom. The van der Waals surface area contributed by atoms with Crippen LogP contribution in [0.4, 0.5) is 11.4 Å². The zero-order valence-electron chi connectivity index (χ0n) is 17.7. The van der Waals surface area contributed by atoms with E-state index in [-0.39, 0.29) is 17.3 Å². The van der Waals surface area contributed by atoms with Crippen LogP contribution < -0.4 is 19.7 Å². The Bertz CT molecular complexity index is 994. The van der Waals surface area contributed by atoms with Gasteiger partial charge in [-0.2, -0.15) is 0 Å². The third kappa shape index (κ3) is 6.21. The number of anilines is 2. The quantitative estimate of drug-likeness (QED) is 0.699. The summed E-state index contributed by atoms with van der Waals surface area (Å²) in [4.78, 5) is 23.7. The smallest absolute Gasteiger partial charge is 0.264 e. The second kappa shape index (κ2) is 9.17. The zero-order valence-corrected chi connectivity index (χ0v) is 18.5. The fourth-order valence-corrected chi connectivity index (χ4v) is 4.11. The molecule has 2 amide bonds. The van der Waals surface area contributed by atoms with E-state index in [1.54, 1.807) is 24.3 Å². The number of benzene rings is 2. The summed E-state index contributed by atoms with van der Waals surface area (Å²) in [6, 6.07) is 12.2. The molecule has 30 heavy (non-hydrogen) atoms. The first kappa shape index (κ1) is 23.2. The van der Waals surface area contributed by atoms with Gasteiger partial charge in [0, 0.05) is 18.2 Å². The number of sulfonamides is 1. The summed E-state index contributed by atoms with van der Waals surface area (Å²) in [5.74, 6) is -0.129. The Kier molecular flexibility index (Phi) is 7.09. The highest BCUT2D eigenvalue weighted by Gasteiger charge is 2.28. The maximum absolute atomic E-state index is 13.3. The second-order valence-corrected chi connectivity index (χ2v) is 9.58. The molecule has 8 nitrogen and oxygen atoms in total. The predicted molar refractivity (Wildman–Crippen MR) is 116 cm³/mol. The van der Waals surface area contributed by atoms with Crippen molar-refractivity contribution in [1.82, 2.24) is 5.32 Å². The number of hydrogen-bond donors (Lipinski definition) is 2. The number of ether oxygens (including phenoxy) is 1. The average Bonchev–Trinajstić information content (AvgIpc) is 2.65. The maximum Gasteiger partial charge on any atom is 0.264 e. The van der Waals surface area contributed by atoms with Crippen molar-refractivity contribution in [2.75, 3.05) is 23.3 Å². The van der Waals surface area contributed by atoms with E-state index in [0.29, 0.717) is 17.1 Å². The number of nitrogens with one attached hydrogen (secondary N) is 2. The van der Waals surface area contributed by atoms with Crippen LogP contribution in [0.2, 0.25) is 0 Å². The molecule has 2 N–H and O–H groups in total. The largest absolute Gasteiger partial charge is 0.497 e. The van der Waals surface area contributed by atoms with E-state index < -0.39 is 21.5 Å². The Morgan fingerprint density at radius 3 is 2.03 bits per heavy atom. The van der Waals surface area contributed by atoms with Gasteiger partial charge in [0.15, 0.2) is 0 Å². The molecule has 2 aromatic carbocycles. The molecule has 0 spiro atoms. The number of carbonyl (C=O) groups excluding carboxylic acids is 2. The highest BCUT2D eigenvalue weighted by molar-refractivity contribution is 7.92. The average molecular weight is 434 g/mol. The minimum Gasteiger partial charge on any atom is -0.497 e. The van der Waals surface area contributed by atoms with E-state index in [1.165, 1.54) is 38.3 Å². The monoisotopic (exact) mass is 433 g/mol. The Labute approximate surface area is 177 Å². The Morgan fingerprint density at radius 1 is 1.00 bits per heavy atom. The van der Waals surface area contributed by atoms with Crippen LogP contribution in [0, 0.1) is 0 Å². The molecule has 2 aromatic rings. The van der Waals surface area contributed by atoms with Gasteiger partial charge in [-0.3, -0.25) is 13.9 Å². The van der Waals surface area contributed by atoms with Gasteiger partial charge in [0.05, 0.1) is 17.7 Å². The molecule has 0 aliphatic rings. The summed E-state index contributed by atoms with van der Waals surface area (Å²) in [6.07, 6.45) is 0. The van der Waals surface area contributed by atoms with Gasteiger partial charge in [0.25, 0.3) is 10.0 Å². The zero-order chi connectivity index (χ0) is 22.5. The van der Waals surface area contributed by atoms with Crippen molar-refractivity contribution in [3.8, 4) is 5.75 Å². The van der Waals surface area contributed by atoms with Gasteiger partial charge in [0.2, 0.25) is 11.8 Å². The van der Waals surface area contributed by atoms with Crippen LogP contribution in [-0.4, -0.2) is 39.4 Å². The fourth-order valence-electron chi connectivity index (χ4n) is 2.69. The summed E-state index contributed by atoms with van der Waals surface area (Å²) in [5.41, 5.74) is 0.292. The summed E-state index contributed by atoms with van der Waals surface area (Å²) in [7, 11) is -2.54. The van der Waals surface area contributed by atoms with E-state index in [4.69, 9.17) is 4.74 Å². The molecule has 0 unspecified atom stereocenters. The van der Waals surface area contributed by atoms with Crippen molar-refractivity contribution in [3.05, 3.63) is 48.5 Å². The molecule has 0 heterocycles.